The number of halogens is 1. The average Bonchev–Trinajstić information content (AvgIpc) is 3.29. The SMILES string of the molecule is N#Cc1c(N2CCCC2)c(F)cc2c(=O)c(C(=O)O)cn(C3CC3)c12. The maximum atomic E-state index is 14.8. The van der Waals surface area contributed by atoms with E-state index in [1.54, 1.807) is 4.57 Å². The second-order valence-corrected chi connectivity index (χ2v) is 6.60. The summed E-state index contributed by atoms with van der Waals surface area (Å²) in [7, 11) is 0. The molecule has 25 heavy (non-hydrogen) atoms. The Bertz CT molecular complexity index is 996. The minimum Gasteiger partial charge on any atom is -0.477 e. The summed E-state index contributed by atoms with van der Waals surface area (Å²) in [4.78, 5) is 25.8. The molecule has 1 aliphatic carbocycles. The molecule has 128 valence electrons. The molecule has 0 unspecified atom stereocenters. The fraction of sp³-hybridized carbons (Fsp3) is 0.389. The number of rotatable bonds is 3. The highest BCUT2D eigenvalue weighted by Crippen LogP contribution is 2.40. The Kier molecular flexibility index (Phi) is 3.49. The summed E-state index contributed by atoms with van der Waals surface area (Å²) < 4.78 is 16.5. The monoisotopic (exact) mass is 341 g/mol. The lowest BCUT2D eigenvalue weighted by atomic mass is 10.0. The van der Waals surface area contributed by atoms with Crippen LogP contribution in [0.2, 0.25) is 0 Å². The van der Waals surface area contributed by atoms with Gasteiger partial charge in [-0.05, 0) is 31.7 Å². The molecule has 0 atom stereocenters. The Morgan fingerprint density at radius 3 is 2.56 bits per heavy atom. The van der Waals surface area contributed by atoms with Crippen molar-refractivity contribution in [2.45, 2.75) is 31.7 Å². The van der Waals surface area contributed by atoms with Crippen LogP contribution in [0.1, 0.15) is 47.6 Å². The number of carboxylic acid groups (broad SMARTS) is 1. The highest BCUT2D eigenvalue weighted by atomic mass is 19.1. The van der Waals surface area contributed by atoms with Gasteiger partial charge in [0, 0.05) is 25.3 Å². The molecule has 1 aromatic carbocycles. The molecule has 7 heteroatoms. The molecular formula is C18H16FN3O3. The van der Waals surface area contributed by atoms with Gasteiger partial charge < -0.3 is 14.6 Å². The summed E-state index contributed by atoms with van der Waals surface area (Å²) >= 11 is 0. The molecular weight excluding hydrogens is 325 g/mol. The molecule has 0 amide bonds. The van der Waals surface area contributed by atoms with Crippen LogP contribution in [-0.2, 0) is 0 Å². The van der Waals surface area contributed by atoms with Crippen LogP contribution in [-0.4, -0.2) is 28.7 Å². The third kappa shape index (κ3) is 2.37. The molecule has 1 aromatic heterocycles. The maximum Gasteiger partial charge on any atom is 0.341 e. The number of benzene rings is 1. The standard InChI is InChI=1S/C18H16FN3O3/c19-14-7-11-15(12(8-20)16(14)21-5-1-2-6-21)22(10-3-4-10)9-13(17(11)23)18(24)25/h7,9-10H,1-6H2,(H,24,25). The Morgan fingerprint density at radius 1 is 1.32 bits per heavy atom. The summed E-state index contributed by atoms with van der Waals surface area (Å²) in [6, 6.07) is 3.21. The molecule has 1 saturated heterocycles. The van der Waals surface area contributed by atoms with Gasteiger partial charge in [-0.2, -0.15) is 5.26 Å². The van der Waals surface area contributed by atoms with Gasteiger partial charge in [0.2, 0.25) is 5.43 Å². The first-order valence-corrected chi connectivity index (χ1v) is 8.32. The molecule has 0 bridgehead atoms. The smallest absolute Gasteiger partial charge is 0.341 e. The number of anilines is 1. The highest BCUT2D eigenvalue weighted by molar-refractivity contribution is 5.96. The van der Waals surface area contributed by atoms with Crippen molar-refractivity contribution in [1.82, 2.24) is 4.57 Å². The van der Waals surface area contributed by atoms with Gasteiger partial charge in [0.1, 0.15) is 23.0 Å². The number of hydrogen-bond donors (Lipinski definition) is 1. The molecule has 2 fully saturated rings. The van der Waals surface area contributed by atoms with Gasteiger partial charge in [-0.1, -0.05) is 0 Å². The lowest BCUT2D eigenvalue weighted by Crippen LogP contribution is -2.23. The quantitative estimate of drug-likeness (QED) is 0.927. The molecule has 1 saturated carbocycles. The van der Waals surface area contributed by atoms with Crippen molar-refractivity contribution in [3.05, 3.63) is 39.4 Å². The molecule has 2 heterocycles. The van der Waals surface area contributed by atoms with E-state index in [4.69, 9.17) is 0 Å². The number of nitriles is 1. The number of fused-ring (bicyclic) bond motifs is 1. The van der Waals surface area contributed by atoms with Crippen molar-refractivity contribution in [2.75, 3.05) is 18.0 Å². The van der Waals surface area contributed by atoms with Crippen LogP contribution in [0.3, 0.4) is 0 Å². The van der Waals surface area contributed by atoms with E-state index < -0.39 is 22.8 Å². The minimum atomic E-state index is -1.34. The second-order valence-electron chi connectivity index (χ2n) is 6.60. The fourth-order valence-corrected chi connectivity index (χ4v) is 3.63. The van der Waals surface area contributed by atoms with Crippen LogP contribution >= 0.6 is 0 Å². The van der Waals surface area contributed by atoms with Crippen LogP contribution in [0.5, 0.6) is 0 Å². The van der Waals surface area contributed by atoms with E-state index in [2.05, 4.69) is 6.07 Å². The minimum absolute atomic E-state index is 0.0382. The van der Waals surface area contributed by atoms with Crippen molar-refractivity contribution in [1.29, 1.82) is 5.26 Å². The van der Waals surface area contributed by atoms with E-state index in [0.717, 1.165) is 31.7 Å². The largest absolute Gasteiger partial charge is 0.477 e. The van der Waals surface area contributed by atoms with Crippen LogP contribution in [0.4, 0.5) is 10.1 Å². The Hall–Kier alpha value is -2.88. The van der Waals surface area contributed by atoms with Gasteiger partial charge in [-0.15, -0.1) is 0 Å². The average molecular weight is 341 g/mol. The van der Waals surface area contributed by atoms with E-state index in [-0.39, 0.29) is 22.7 Å². The van der Waals surface area contributed by atoms with E-state index in [1.165, 1.54) is 6.20 Å². The Labute approximate surface area is 142 Å². The van der Waals surface area contributed by atoms with Gasteiger partial charge in [0.15, 0.2) is 0 Å². The number of aromatic carboxylic acids is 1. The lowest BCUT2D eigenvalue weighted by Gasteiger charge is -2.22. The van der Waals surface area contributed by atoms with Crippen LogP contribution in [0.15, 0.2) is 17.1 Å². The third-order valence-electron chi connectivity index (χ3n) is 4.95. The molecule has 6 nitrogen and oxygen atoms in total. The van der Waals surface area contributed by atoms with Crippen molar-refractivity contribution in [2.24, 2.45) is 0 Å². The zero-order chi connectivity index (χ0) is 17.7. The Balaban J connectivity index is 2.12. The summed E-state index contributed by atoms with van der Waals surface area (Å²) in [6.07, 6.45) is 4.85. The number of carbonyl (C=O) groups is 1. The molecule has 2 aromatic rings. The van der Waals surface area contributed by atoms with Crippen molar-refractivity contribution >= 4 is 22.6 Å². The molecule has 1 N–H and O–H groups in total. The number of aromatic nitrogens is 1. The topological polar surface area (TPSA) is 86.3 Å². The number of carboxylic acids is 1. The van der Waals surface area contributed by atoms with Crippen LogP contribution in [0.25, 0.3) is 10.9 Å². The maximum absolute atomic E-state index is 14.8. The molecule has 0 radical (unpaired) electrons. The zero-order valence-electron chi connectivity index (χ0n) is 13.5. The van der Waals surface area contributed by atoms with Crippen LogP contribution in [0, 0.1) is 17.1 Å². The second kappa shape index (κ2) is 5.59. The number of hydrogen-bond acceptors (Lipinski definition) is 4. The predicted molar refractivity (Wildman–Crippen MR) is 89.6 cm³/mol. The van der Waals surface area contributed by atoms with E-state index >= 15 is 0 Å². The van der Waals surface area contributed by atoms with Gasteiger partial charge in [0.05, 0.1) is 16.6 Å². The van der Waals surface area contributed by atoms with Gasteiger partial charge in [-0.25, -0.2) is 9.18 Å². The molecule has 4 rings (SSSR count). The van der Waals surface area contributed by atoms with E-state index in [1.807, 2.05) is 4.90 Å². The van der Waals surface area contributed by atoms with E-state index in [0.29, 0.717) is 18.6 Å². The number of nitrogens with zero attached hydrogens (tertiary/aromatic N) is 3. The first-order valence-electron chi connectivity index (χ1n) is 8.32. The van der Waals surface area contributed by atoms with Gasteiger partial charge >= 0.3 is 5.97 Å². The fourth-order valence-electron chi connectivity index (χ4n) is 3.63. The first kappa shape index (κ1) is 15.6. The van der Waals surface area contributed by atoms with Crippen molar-refractivity contribution < 1.29 is 14.3 Å². The van der Waals surface area contributed by atoms with Gasteiger partial charge in [-0.3, -0.25) is 4.79 Å². The van der Waals surface area contributed by atoms with Gasteiger partial charge in [0.25, 0.3) is 0 Å². The zero-order valence-corrected chi connectivity index (χ0v) is 13.5. The molecule has 1 aliphatic heterocycles. The summed E-state index contributed by atoms with van der Waals surface area (Å²) in [6.45, 7) is 1.33. The Morgan fingerprint density at radius 2 is 2.00 bits per heavy atom. The lowest BCUT2D eigenvalue weighted by molar-refractivity contribution is 0.0695. The van der Waals surface area contributed by atoms with Crippen LogP contribution < -0.4 is 10.3 Å². The van der Waals surface area contributed by atoms with Crippen molar-refractivity contribution in [3.63, 3.8) is 0 Å². The third-order valence-corrected chi connectivity index (χ3v) is 4.95. The highest BCUT2D eigenvalue weighted by Gasteiger charge is 2.31. The van der Waals surface area contributed by atoms with E-state index in [9.17, 15) is 24.3 Å². The summed E-state index contributed by atoms with van der Waals surface area (Å²) in [5, 5.41) is 19.0. The normalized spacial score (nSPS) is 17.0. The summed E-state index contributed by atoms with van der Waals surface area (Å²) in [5.41, 5.74) is -0.440. The number of pyridine rings is 1. The first-order chi connectivity index (χ1) is 12.0. The molecule has 2 aliphatic rings. The predicted octanol–water partition coefficient (Wildman–Crippen LogP) is 2.65. The molecule has 0 spiro atoms. The summed E-state index contributed by atoms with van der Waals surface area (Å²) in [5.74, 6) is -1.99. The van der Waals surface area contributed by atoms with Crippen molar-refractivity contribution in [3.8, 4) is 6.07 Å².